The molecule has 0 saturated carbocycles. The molecule has 0 aliphatic carbocycles. The molecular weight excluding hydrogens is 244 g/mol. The van der Waals surface area contributed by atoms with E-state index in [1.807, 2.05) is 20.8 Å². The van der Waals surface area contributed by atoms with Crippen molar-refractivity contribution < 1.29 is 9.32 Å². The third kappa shape index (κ3) is 2.78. The van der Waals surface area contributed by atoms with Crippen molar-refractivity contribution in [2.24, 2.45) is 0 Å². The summed E-state index contributed by atoms with van der Waals surface area (Å²) in [4.78, 5) is 20.3. The van der Waals surface area contributed by atoms with E-state index in [-0.39, 0.29) is 5.91 Å². The monoisotopic (exact) mass is 260 g/mol. The van der Waals surface area contributed by atoms with Crippen LogP contribution in [0.4, 0.5) is 5.88 Å². The van der Waals surface area contributed by atoms with Crippen molar-refractivity contribution >= 4 is 11.8 Å². The van der Waals surface area contributed by atoms with Crippen molar-refractivity contribution in [3.05, 3.63) is 34.5 Å². The van der Waals surface area contributed by atoms with Crippen LogP contribution in [-0.4, -0.2) is 21.0 Å². The van der Waals surface area contributed by atoms with Crippen LogP contribution in [0, 0.1) is 20.8 Å². The number of aryl methyl sites for hydroxylation is 3. The zero-order chi connectivity index (χ0) is 14.0. The standard InChI is InChI=1S/C13H16N4O2/c1-5-10-8(3)17-19-13(10)16-12(18)11-6-7(2)14-9(4)15-11/h6H,5H2,1-4H3,(H,16,18). The molecular formula is C13H16N4O2. The highest BCUT2D eigenvalue weighted by molar-refractivity contribution is 6.02. The van der Waals surface area contributed by atoms with Gasteiger partial charge in [0.15, 0.2) is 0 Å². The Morgan fingerprint density at radius 2 is 2.05 bits per heavy atom. The molecule has 2 rings (SSSR count). The molecule has 0 saturated heterocycles. The van der Waals surface area contributed by atoms with Crippen LogP contribution in [0.15, 0.2) is 10.6 Å². The summed E-state index contributed by atoms with van der Waals surface area (Å²) in [7, 11) is 0. The first-order chi connectivity index (χ1) is 9.01. The summed E-state index contributed by atoms with van der Waals surface area (Å²) >= 11 is 0. The minimum atomic E-state index is -0.320. The molecule has 2 aromatic heterocycles. The predicted molar refractivity (Wildman–Crippen MR) is 70.1 cm³/mol. The first-order valence-electron chi connectivity index (χ1n) is 6.10. The van der Waals surface area contributed by atoms with E-state index in [0.29, 0.717) is 17.4 Å². The molecule has 100 valence electrons. The number of nitrogens with one attached hydrogen (secondary N) is 1. The Hall–Kier alpha value is -2.24. The maximum absolute atomic E-state index is 12.1. The average Bonchev–Trinajstić information content (AvgIpc) is 2.68. The number of anilines is 1. The Bertz CT molecular complexity index is 599. The molecule has 0 fully saturated rings. The molecule has 6 heteroatoms. The van der Waals surface area contributed by atoms with E-state index in [1.54, 1.807) is 13.0 Å². The topological polar surface area (TPSA) is 80.9 Å². The van der Waals surface area contributed by atoms with E-state index in [0.717, 1.165) is 23.4 Å². The van der Waals surface area contributed by atoms with Crippen LogP contribution in [0.1, 0.15) is 40.2 Å². The molecule has 0 aliphatic rings. The Morgan fingerprint density at radius 3 is 2.68 bits per heavy atom. The van der Waals surface area contributed by atoms with Gasteiger partial charge in [0, 0.05) is 11.3 Å². The summed E-state index contributed by atoms with van der Waals surface area (Å²) in [5, 5.41) is 6.54. The summed E-state index contributed by atoms with van der Waals surface area (Å²) in [5.74, 6) is 0.632. The summed E-state index contributed by atoms with van der Waals surface area (Å²) in [6, 6.07) is 1.64. The lowest BCUT2D eigenvalue weighted by molar-refractivity contribution is 0.101. The van der Waals surface area contributed by atoms with Crippen LogP contribution < -0.4 is 5.32 Å². The SMILES string of the molecule is CCc1c(C)noc1NC(=O)c1cc(C)nc(C)n1. The van der Waals surface area contributed by atoms with E-state index < -0.39 is 0 Å². The van der Waals surface area contributed by atoms with Gasteiger partial charge in [0.05, 0.1) is 5.69 Å². The van der Waals surface area contributed by atoms with Crippen molar-refractivity contribution in [2.45, 2.75) is 34.1 Å². The number of nitrogens with zero attached hydrogens (tertiary/aromatic N) is 3. The van der Waals surface area contributed by atoms with Crippen LogP contribution in [-0.2, 0) is 6.42 Å². The molecule has 0 bridgehead atoms. The number of amides is 1. The van der Waals surface area contributed by atoms with Crippen molar-refractivity contribution in [1.29, 1.82) is 0 Å². The van der Waals surface area contributed by atoms with Crippen LogP contribution in [0.3, 0.4) is 0 Å². The molecule has 0 aliphatic heterocycles. The van der Waals surface area contributed by atoms with Gasteiger partial charge < -0.3 is 4.52 Å². The molecule has 0 atom stereocenters. The van der Waals surface area contributed by atoms with Gasteiger partial charge in [0.25, 0.3) is 5.91 Å². The largest absolute Gasteiger partial charge is 0.338 e. The summed E-state index contributed by atoms with van der Waals surface area (Å²) in [5.41, 5.74) is 2.76. The lowest BCUT2D eigenvalue weighted by Gasteiger charge is -2.04. The molecule has 19 heavy (non-hydrogen) atoms. The van der Waals surface area contributed by atoms with Gasteiger partial charge in [-0.05, 0) is 33.3 Å². The first-order valence-corrected chi connectivity index (χ1v) is 6.10. The molecule has 1 amide bonds. The van der Waals surface area contributed by atoms with Gasteiger partial charge in [-0.3, -0.25) is 10.1 Å². The molecule has 0 aromatic carbocycles. The molecule has 0 radical (unpaired) electrons. The van der Waals surface area contributed by atoms with Crippen LogP contribution >= 0.6 is 0 Å². The molecule has 0 unspecified atom stereocenters. The number of aromatic nitrogens is 3. The smallest absolute Gasteiger partial charge is 0.276 e. The molecule has 2 heterocycles. The van der Waals surface area contributed by atoms with Gasteiger partial charge >= 0.3 is 0 Å². The summed E-state index contributed by atoms with van der Waals surface area (Å²) < 4.78 is 5.11. The lowest BCUT2D eigenvalue weighted by Crippen LogP contribution is -2.15. The van der Waals surface area contributed by atoms with E-state index in [1.165, 1.54) is 0 Å². The normalized spacial score (nSPS) is 10.5. The van der Waals surface area contributed by atoms with Crippen molar-refractivity contribution in [3.8, 4) is 0 Å². The second-order valence-electron chi connectivity index (χ2n) is 4.33. The molecule has 6 nitrogen and oxygen atoms in total. The van der Waals surface area contributed by atoms with Gasteiger partial charge in [-0.2, -0.15) is 0 Å². The number of hydrogen-bond acceptors (Lipinski definition) is 5. The number of hydrogen-bond donors (Lipinski definition) is 1. The van der Waals surface area contributed by atoms with Crippen LogP contribution in [0.5, 0.6) is 0 Å². The maximum atomic E-state index is 12.1. The number of carbonyl (C=O) groups is 1. The first kappa shape index (κ1) is 13.2. The van der Waals surface area contributed by atoms with Crippen LogP contribution in [0.25, 0.3) is 0 Å². The highest BCUT2D eigenvalue weighted by atomic mass is 16.5. The van der Waals surface area contributed by atoms with Gasteiger partial charge in [-0.1, -0.05) is 12.1 Å². The lowest BCUT2D eigenvalue weighted by atomic mass is 10.2. The van der Waals surface area contributed by atoms with Crippen molar-refractivity contribution in [1.82, 2.24) is 15.1 Å². The number of carbonyl (C=O) groups excluding carboxylic acids is 1. The minimum absolute atomic E-state index is 0.320. The Morgan fingerprint density at radius 1 is 1.32 bits per heavy atom. The Kier molecular flexibility index (Phi) is 3.59. The fourth-order valence-corrected chi connectivity index (χ4v) is 1.90. The number of rotatable bonds is 3. The fraction of sp³-hybridized carbons (Fsp3) is 0.385. The maximum Gasteiger partial charge on any atom is 0.276 e. The summed E-state index contributed by atoms with van der Waals surface area (Å²) in [6.07, 6.45) is 0.743. The minimum Gasteiger partial charge on any atom is -0.338 e. The average molecular weight is 260 g/mol. The van der Waals surface area contributed by atoms with E-state index in [9.17, 15) is 4.79 Å². The highest BCUT2D eigenvalue weighted by Crippen LogP contribution is 2.20. The van der Waals surface area contributed by atoms with E-state index >= 15 is 0 Å². The van der Waals surface area contributed by atoms with Gasteiger partial charge in [0.2, 0.25) is 5.88 Å². The summed E-state index contributed by atoms with van der Waals surface area (Å²) in [6.45, 7) is 7.40. The van der Waals surface area contributed by atoms with Gasteiger partial charge in [0.1, 0.15) is 11.5 Å². The van der Waals surface area contributed by atoms with Crippen molar-refractivity contribution in [3.63, 3.8) is 0 Å². The second kappa shape index (κ2) is 5.17. The van der Waals surface area contributed by atoms with Crippen LogP contribution in [0.2, 0.25) is 0 Å². The molecule has 1 N–H and O–H groups in total. The Balaban J connectivity index is 2.25. The predicted octanol–water partition coefficient (Wildman–Crippen LogP) is 2.20. The van der Waals surface area contributed by atoms with Gasteiger partial charge in [-0.15, -0.1) is 0 Å². The molecule has 2 aromatic rings. The zero-order valence-electron chi connectivity index (χ0n) is 11.4. The molecule has 0 spiro atoms. The highest BCUT2D eigenvalue weighted by Gasteiger charge is 2.16. The van der Waals surface area contributed by atoms with E-state index in [4.69, 9.17) is 4.52 Å². The fourth-order valence-electron chi connectivity index (χ4n) is 1.90. The van der Waals surface area contributed by atoms with E-state index in [2.05, 4.69) is 20.4 Å². The zero-order valence-corrected chi connectivity index (χ0v) is 11.4. The second-order valence-corrected chi connectivity index (χ2v) is 4.33. The quantitative estimate of drug-likeness (QED) is 0.915. The third-order valence-electron chi connectivity index (χ3n) is 2.76. The van der Waals surface area contributed by atoms with Gasteiger partial charge in [-0.25, -0.2) is 9.97 Å². The Labute approximate surface area is 111 Å². The third-order valence-corrected chi connectivity index (χ3v) is 2.76. The van der Waals surface area contributed by atoms with Crippen molar-refractivity contribution in [2.75, 3.05) is 5.32 Å².